The molecule has 1 aromatic carbocycles. The fourth-order valence-corrected chi connectivity index (χ4v) is 2.54. The van der Waals surface area contributed by atoms with Gasteiger partial charge in [0, 0.05) is 13.6 Å². The van der Waals surface area contributed by atoms with Crippen LogP contribution in [0.5, 0.6) is 0 Å². The first-order valence-electron chi connectivity index (χ1n) is 6.31. The van der Waals surface area contributed by atoms with Crippen molar-refractivity contribution in [2.45, 2.75) is 12.3 Å². The quantitative estimate of drug-likeness (QED) is 0.822. The van der Waals surface area contributed by atoms with E-state index < -0.39 is 0 Å². The largest absolute Gasteiger partial charge is 0.316 e. The highest BCUT2D eigenvalue weighted by Crippen LogP contribution is 2.31. The zero-order valence-corrected chi connectivity index (χ0v) is 10.9. The molecule has 98 valence electrons. The third kappa shape index (κ3) is 2.71. The van der Waals surface area contributed by atoms with E-state index in [1.165, 1.54) is 17.7 Å². The summed E-state index contributed by atoms with van der Waals surface area (Å²) in [6.07, 6.45) is 0.984. The van der Waals surface area contributed by atoms with Gasteiger partial charge in [-0.05, 0) is 24.4 Å². The van der Waals surface area contributed by atoms with Crippen LogP contribution in [0.1, 0.15) is 17.9 Å². The van der Waals surface area contributed by atoms with Crippen molar-refractivity contribution >= 4 is 5.91 Å². The maximum Gasteiger partial charge on any atom is 0.250 e. The topological polar surface area (TPSA) is 41.6 Å². The Bertz CT molecular complexity index is 394. The van der Waals surface area contributed by atoms with Gasteiger partial charge in [-0.3, -0.25) is 9.63 Å². The molecule has 4 heteroatoms. The van der Waals surface area contributed by atoms with Crippen molar-refractivity contribution in [2.75, 3.05) is 27.2 Å². The van der Waals surface area contributed by atoms with Crippen LogP contribution in [0, 0.1) is 5.92 Å². The molecular weight excluding hydrogens is 228 g/mol. The minimum Gasteiger partial charge on any atom is -0.316 e. The lowest BCUT2D eigenvalue weighted by Crippen LogP contribution is -2.44. The lowest BCUT2D eigenvalue weighted by Gasteiger charge is -2.33. The molecule has 0 spiro atoms. The van der Waals surface area contributed by atoms with Crippen molar-refractivity contribution in [2.24, 2.45) is 5.92 Å². The second-order valence-electron chi connectivity index (χ2n) is 4.63. The highest BCUT2D eigenvalue weighted by Gasteiger charge is 2.33. The van der Waals surface area contributed by atoms with E-state index in [0.717, 1.165) is 13.0 Å². The van der Waals surface area contributed by atoms with E-state index in [9.17, 15) is 4.79 Å². The number of carbonyl (C=O) groups excluding carboxylic acids is 1. The van der Waals surface area contributed by atoms with Gasteiger partial charge in [0.1, 0.15) is 0 Å². The number of hydrogen-bond acceptors (Lipinski definition) is 3. The minimum absolute atomic E-state index is 0.0403. The molecule has 0 aliphatic carbocycles. The second kappa shape index (κ2) is 5.98. The number of nitrogens with one attached hydrogen (secondary N) is 1. The lowest BCUT2D eigenvalue weighted by atomic mass is 9.80. The average molecular weight is 248 g/mol. The van der Waals surface area contributed by atoms with Gasteiger partial charge in [0.05, 0.1) is 13.0 Å². The van der Waals surface area contributed by atoms with Gasteiger partial charge in [0.15, 0.2) is 0 Å². The third-order valence-corrected chi connectivity index (χ3v) is 3.61. The summed E-state index contributed by atoms with van der Waals surface area (Å²) in [5.41, 5.74) is 1.24. The lowest BCUT2D eigenvalue weighted by molar-refractivity contribution is -0.174. The number of piperidine rings is 1. The summed E-state index contributed by atoms with van der Waals surface area (Å²) in [7, 11) is 3.19. The summed E-state index contributed by atoms with van der Waals surface area (Å²) in [6, 6.07) is 10.3. The highest BCUT2D eigenvalue weighted by atomic mass is 16.7. The van der Waals surface area contributed by atoms with E-state index >= 15 is 0 Å². The molecule has 1 fully saturated rings. The van der Waals surface area contributed by atoms with Crippen LogP contribution < -0.4 is 5.32 Å². The molecule has 0 saturated carbocycles. The smallest absolute Gasteiger partial charge is 0.250 e. The van der Waals surface area contributed by atoms with Crippen LogP contribution in [0.3, 0.4) is 0 Å². The third-order valence-electron chi connectivity index (χ3n) is 3.61. The first-order chi connectivity index (χ1) is 8.74. The van der Waals surface area contributed by atoms with Crippen LogP contribution in [-0.2, 0) is 9.63 Å². The molecule has 2 atom stereocenters. The number of nitrogens with zero attached hydrogens (tertiary/aromatic N) is 1. The molecular formula is C14H20N2O2. The maximum absolute atomic E-state index is 12.3. The van der Waals surface area contributed by atoms with Crippen LogP contribution in [-0.4, -0.2) is 38.2 Å². The zero-order valence-electron chi connectivity index (χ0n) is 10.9. The van der Waals surface area contributed by atoms with Crippen molar-refractivity contribution in [1.82, 2.24) is 10.4 Å². The Balaban J connectivity index is 2.19. The molecule has 1 saturated heterocycles. The summed E-state index contributed by atoms with van der Waals surface area (Å²) >= 11 is 0. The van der Waals surface area contributed by atoms with Gasteiger partial charge in [0.25, 0.3) is 5.91 Å². The molecule has 0 bridgehead atoms. The van der Waals surface area contributed by atoms with Gasteiger partial charge >= 0.3 is 0 Å². The fourth-order valence-electron chi connectivity index (χ4n) is 2.54. The molecule has 1 heterocycles. The van der Waals surface area contributed by atoms with E-state index in [4.69, 9.17) is 4.84 Å². The fraction of sp³-hybridized carbons (Fsp3) is 0.500. The molecule has 1 aliphatic rings. The summed E-state index contributed by atoms with van der Waals surface area (Å²) in [5.74, 6) is 0.266. The Labute approximate surface area is 108 Å². The Morgan fingerprint density at radius 1 is 1.39 bits per heavy atom. The number of carbonyl (C=O) groups is 1. The normalized spacial score (nSPS) is 23.7. The monoisotopic (exact) mass is 248 g/mol. The Hall–Kier alpha value is -1.39. The van der Waals surface area contributed by atoms with Crippen molar-refractivity contribution < 1.29 is 9.63 Å². The van der Waals surface area contributed by atoms with Crippen LogP contribution >= 0.6 is 0 Å². The predicted octanol–water partition coefficient (Wildman–Crippen LogP) is 1.40. The Morgan fingerprint density at radius 2 is 2.11 bits per heavy atom. The predicted molar refractivity (Wildman–Crippen MR) is 69.9 cm³/mol. The minimum atomic E-state index is -0.0499. The van der Waals surface area contributed by atoms with E-state index in [2.05, 4.69) is 17.4 Å². The molecule has 0 radical (unpaired) electrons. The van der Waals surface area contributed by atoms with Crippen molar-refractivity contribution in [1.29, 1.82) is 0 Å². The molecule has 18 heavy (non-hydrogen) atoms. The molecule has 1 amide bonds. The Kier molecular flexibility index (Phi) is 4.33. The molecule has 1 aliphatic heterocycles. The Morgan fingerprint density at radius 3 is 2.78 bits per heavy atom. The highest BCUT2D eigenvalue weighted by molar-refractivity contribution is 5.79. The summed E-state index contributed by atoms with van der Waals surface area (Å²) in [4.78, 5) is 17.3. The number of rotatable bonds is 3. The van der Waals surface area contributed by atoms with Crippen molar-refractivity contribution in [3.05, 3.63) is 35.9 Å². The number of hydroxylamine groups is 2. The average Bonchev–Trinajstić information content (AvgIpc) is 2.46. The van der Waals surface area contributed by atoms with Crippen molar-refractivity contribution in [3.8, 4) is 0 Å². The summed E-state index contributed by atoms with van der Waals surface area (Å²) in [6.45, 7) is 1.67. The van der Waals surface area contributed by atoms with Gasteiger partial charge in [-0.15, -0.1) is 0 Å². The second-order valence-corrected chi connectivity index (χ2v) is 4.63. The molecule has 0 aromatic heterocycles. The molecule has 1 aromatic rings. The van der Waals surface area contributed by atoms with Crippen LogP contribution in [0.2, 0.25) is 0 Å². The van der Waals surface area contributed by atoms with E-state index in [1.54, 1.807) is 7.05 Å². The van der Waals surface area contributed by atoms with E-state index in [-0.39, 0.29) is 17.7 Å². The van der Waals surface area contributed by atoms with Gasteiger partial charge in [-0.1, -0.05) is 30.3 Å². The van der Waals surface area contributed by atoms with E-state index in [1.807, 2.05) is 18.2 Å². The first kappa shape index (κ1) is 13.1. The van der Waals surface area contributed by atoms with Crippen LogP contribution in [0.25, 0.3) is 0 Å². The molecule has 4 nitrogen and oxygen atoms in total. The maximum atomic E-state index is 12.3. The molecule has 2 unspecified atom stereocenters. The van der Waals surface area contributed by atoms with Gasteiger partial charge in [-0.2, -0.15) is 0 Å². The van der Waals surface area contributed by atoms with Gasteiger partial charge < -0.3 is 5.32 Å². The molecule has 1 N–H and O–H groups in total. The SMILES string of the molecule is CON(C)C(=O)C1CNCCC1c1ccccc1. The number of benzene rings is 1. The van der Waals surface area contributed by atoms with Crippen LogP contribution in [0.4, 0.5) is 0 Å². The summed E-state index contributed by atoms with van der Waals surface area (Å²) < 4.78 is 0. The number of amides is 1. The molecule has 2 rings (SSSR count). The van der Waals surface area contributed by atoms with Gasteiger partial charge in [0.2, 0.25) is 0 Å². The standard InChI is InChI=1S/C14H20N2O2/c1-16(18-2)14(17)13-10-15-9-8-12(13)11-6-4-3-5-7-11/h3-7,12-13,15H,8-10H2,1-2H3. The van der Waals surface area contributed by atoms with Crippen molar-refractivity contribution in [3.63, 3.8) is 0 Å². The zero-order chi connectivity index (χ0) is 13.0. The number of hydrogen-bond donors (Lipinski definition) is 1. The first-order valence-corrected chi connectivity index (χ1v) is 6.31. The van der Waals surface area contributed by atoms with E-state index in [0.29, 0.717) is 6.54 Å². The van der Waals surface area contributed by atoms with Gasteiger partial charge in [-0.25, -0.2) is 5.06 Å². The van der Waals surface area contributed by atoms with Crippen LogP contribution in [0.15, 0.2) is 30.3 Å². The summed E-state index contributed by atoms with van der Waals surface area (Å²) in [5, 5.41) is 4.62.